The first kappa shape index (κ1) is 49.6. The van der Waals surface area contributed by atoms with Crippen LogP contribution in [0.4, 0.5) is 0 Å². The first-order valence-corrected chi connectivity index (χ1v) is 20.7. The van der Waals surface area contributed by atoms with Gasteiger partial charge in [0.1, 0.15) is 12.7 Å². The smallest absolute Gasteiger partial charge is 0.462 e. The van der Waals surface area contributed by atoms with Crippen LogP contribution >= 0.6 is 7.82 Å². The number of ether oxygens (including phenoxy) is 2. The van der Waals surface area contributed by atoms with Crippen LogP contribution in [0.1, 0.15) is 130 Å². The van der Waals surface area contributed by atoms with Crippen molar-refractivity contribution in [1.29, 1.82) is 0 Å². The highest BCUT2D eigenvalue weighted by Gasteiger charge is 2.27. The maximum atomic E-state index is 12.5. The summed E-state index contributed by atoms with van der Waals surface area (Å²) in [6, 6.07) is 0. The molecule has 52 heavy (non-hydrogen) atoms. The molecule has 0 spiro atoms. The standard InChI is InChI=1S/C40H69O11P/c1-4-5-6-7-17-22-27-36(42)28-23-18-13-9-11-15-20-25-30-40(45)51-38(34-50-52(46,47)49-32-37(43)31-41)33-48-39(44)29-24-19-14-10-8-12-16-21-26-35(2)3/h5-6,11,13,15,17-18,22-23,28,35-38,41-43H,4,7-10,12,14,16,19-21,24-27,29-34H2,1-3H3,(H,46,47)/b6-5-,15-11-,18-13-,22-17-,28-23+/t36?,37-,38+/m0/s1. The number of esters is 2. The summed E-state index contributed by atoms with van der Waals surface area (Å²) < 4.78 is 32.5. The Bertz CT molecular complexity index is 1080. The van der Waals surface area contributed by atoms with Crippen molar-refractivity contribution in [3.8, 4) is 0 Å². The van der Waals surface area contributed by atoms with Crippen LogP contribution in [-0.2, 0) is 32.7 Å². The molecule has 4 N–H and O–H groups in total. The van der Waals surface area contributed by atoms with Gasteiger partial charge in [0.15, 0.2) is 6.10 Å². The van der Waals surface area contributed by atoms with Crippen LogP contribution in [0.25, 0.3) is 0 Å². The van der Waals surface area contributed by atoms with E-state index in [0.717, 1.165) is 38.0 Å². The number of carbonyl (C=O) groups is 2. The molecule has 0 aromatic carbocycles. The van der Waals surface area contributed by atoms with Crippen LogP contribution in [0.2, 0.25) is 0 Å². The van der Waals surface area contributed by atoms with Gasteiger partial charge in [-0.3, -0.25) is 18.6 Å². The van der Waals surface area contributed by atoms with Crippen molar-refractivity contribution in [1.82, 2.24) is 0 Å². The summed E-state index contributed by atoms with van der Waals surface area (Å²) in [5, 5.41) is 28.3. The summed E-state index contributed by atoms with van der Waals surface area (Å²) in [5.41, 5.74) is 0. The minimum Gasteiger partial charge on any atom is -0.462 e. The van der Waals surface area contributed by atoms with E-state index >= 15 is 0 Å². The predicted octanol–water partition coefficient (Wildman–Crippen LogP) is 8.38. The Morgan fingerprint density at radius 1 is 0.712 bits per heavy atom. The van der Waals surface area contributed by atoms with E-state index in [-0.39, 0.29) is 19.4 Å². The number of phosphoric ester groups is 1. The number of carbonyl (C=O) groups excluding carboxylic acids is 2. The second-order valence-electron chi connectivity index (χ2n) is 13.3. The molecule has 0 aliphatic rings. The van der Waals surface area contributed by atoms with Crippen molar-refractivity contribution in [2.75, 3.05) is 26.4 Å². The Labute approximate surface area is 313 Å². The summed E-state index contributed by atoms with van der Waals surface area (Å²) in [7, 11) is -4.64. The average Bonchev–Trinajstić information content (AvgIpc) is 3.11. The number of allylic oxidation sites excluding steroid dienone is 8. The summed E-state index contributed by atoms with van der Waals surface area (Å²) in [4.78, 5) is 34.8. The fourth-order valence-corrected chi connectivity index (χ4v) is 5.50. The molecule has 0 heterocycles. The molecule has 0 bridgehead atoms. The van der Waals surface area contributed by atoms with Gasteiger partial charge in [0, 0.05) is 12.8 Å². The third kappa shape index (κ3) is 34.7. The Hall–Kier alpha value is -2.37. The highest BCUT2D eigenvalue weighted by molar-refractivity contribution is 7.47. The van der Waals surface area contributed by atoms with E-state index in [2.05, 4.69) is 37.4 Å². The van der Waals surface area contributed by atoms with E-state index in [9.17, 15) is 29.3 Å². The SMILES string of the molecule is CC/C=C\C/C=C\CC(O)/C=C/C=C\C/C=C\CCCC(=O)O[C@H](COC(=O)CCCCCCCCCCC(C)C)COP(=O)(O)OC[C@@H](O)CO. The van der Waals surface area contributed by atoms with Crippen LogP contribution in [0.3, 0.4) is 0 Å². The van der Waals surface area contributed by atoms with Crippen LogP contribution in [-0.4, -0.2) is 76.9 Å². The predicted molar refractivity (Wildman–Crippen MR) is 206 cm³/mol. The highest BCUT2D eigenvalue weighted by Crippen LogP contribution is 2.43. The van der Waals surface area contributed by atoms with Gasteiger partial charge in [-0.15, -0.1) is 0 Å². The van der Waals surface area contributed by atoms with E-state index in [4.69, 9.17) is 19.1 Å². The minimum absolute atomic E-state index is 0.0717. The molecule has 0 aliphatic carbocycles. The van der Waals surface area contributed by atoms with E-state index in [1.807, 2.05) is 42.5 Å². The fourth-order valence-electron chi connectivity index (χ4n) is 4.71. The topological polar surface area (TPSA) is 169 Å². The van der Waals surface area contributed by atoms with E-state index < -0.39 is 57.9 Å². The third-order valence-corrected chi connectivity index (χ3v) is 8.65. The summed E-state index contributed by atoms with van der Waals surface area (Å²) in [5.74, 6) is -0.289. The molecule has 0 aromatic heterocycles. The number of aliphatic hydroxyl groups excluding tert-OH is 3. The zero-order chi connectivity index (χ0) is 38.7. The van der Waals surface area contributed by atoms with Crippen LogP contribution in [0.15, 0.2) is 60.8 Å². The Kier molecular flexibility index (Phi) is 32.8. The lowest BCUT2D eigenvalue weighted by atomic mass is 10.0. The Morgan fingerprint density at radius 3 is 2.02 bits per heavy atom. The summed E-state index contributed by atoms with van der Waals surface area (Å²) in [6.07, 6.45) is 31.0. The van der Waals surface area contributed by atoms with Gasteiger partial charge in [-0.05, 0) is 50.9 Å². The molecule has 0 saturated carbocycles. The van der Waals surface area contributed by atoms with Crippen LogP contribution in [0.5, 0.6) is 0 Å². The van der Waals surface area contributed by atoms with Crippen molar-refractivity contribution in [2.24, 2.45) is 5.92 Å². The quantitative estimate of drug-likeness (QED) is 0.0164. The highest BCUT2D eigenvalue weighted by atomic mass is 31.2. The molecule has 4 atom stereocenters. The van der Waals surface area contributed by atoms with Crippen molar-refractivity contribution >= 4 is 19.8 Å². The fraction of sp³-hybridized carbons (Fsp3) is 0.700. The molecule has 0 fully saturated rings. The van der Waals surface area contributed by atoms with Crippen molar-refractivity contribution in [2.45, 2.75) is 148 Å². The molecule has 0 aromatic rings. The van der Waals surface area contributed by atoms with Crippen molar-refractivity contribution in [3.05, 3.63) is 60.8 Å². The Morgan fingerprint density at radius 2 is 1.33 bits per heavy atom. The van der Waals surface area contributed by atoms with Gasteiger partial charge in [0.25, 0.3) is 0 Å². The van der Waals surface area contributed by atoms with Gasteiger partial charge in [-0.25, -0.2) is 4.57 Å². The lowest BCUT2D eigenvalue weighted by Gasteiger charge is -2.20. The Balaban J connectivity index is 4.56. The largest absolute Gasteiger partial charge is 0.472 e. The molecule has 0 aliphatic heterocycles. The summed E-state index contributed by atoms with van der Waals surface area (Å²) in [6.45, 7) is 4.34. The maximum absolute atomic E-state index is 12.5. The number of phosphoric acid groups is 1. The van der Waals surface area contributed by atoms with E-state index in [1.54, 1.807) is 6.08 Å². The van der Waals surface area contributed by atoms with Crippen molar-refractivity contribution in [3.63, 3.8) is 0 Å². The lowest BCUT2D eigenvalue weighted by Crippen LogP contribution is -2.29. The molecular weight excluding hydrogens is 687 g/mol. The number of hydrogen-bond donors (Lipinski definition) is 4. The van der Waals surface area contributed by atoms with Gasteiger partial charge in [-0.1, -0.05) is 133 Å². The normalized spacial score (nSPS) is 15.4. The van der Waals surface area contributed by atoms with Crippen molar-refractivity contribution < 1.29 is 52.9 Å². The molecule has 0 radical (unpaired) electrons. The number of unbranched alkanes of at least 4 members (excludes halogenated alkanes) is 8. The molecule has 12 heteroatoms. The molecular formula is C40H69O11P. The molecule has 11 nitrogen and oxygen atoms in total. The third-order valence-electron chi connectivity index (χ3n) is 7.69. The van der Waals surface area contributed by atoms with E-state index in [0.29, 0.717) is 32.1 Å². The average molecular weight is 757 g/mol. The molecule has 300 valence electrons. The maximum Gasteiger partial charge on any atom is 0.472 e. The number of hydrogen-bond acceptors (Lipinski definition) is 10. The van der Waals surface area contributed by atoms with Gasteiger partial charge in [0.05, 0.1) is 25.9 Å². The van der Waals surface area contributed by atoms with Crippen LogP contribution < -0.4 is 0 Å². The second-order valence-corrected chi connectivity index (χ2v) is 14.7. The van der Waals surface area contributed by atoms with Crippen LogP contribution in [0, 0.1) is 5.92 Å². The molecule has 2 unspecified atom stereocenters. The van der Waals surface area contributed by atoms with Gasteiger partial charge in [0.2, 0.25) is 0 Å². The summed E-state index contributed by atoms with van der Waals surface area (Å²) >= 11 is 0. The number of aliphatic hydroxyl groups is 3. The first-order valence-electron chi connectivity index (χ1n) is 19.2. The van der Waals surface area contributed by atoms with E-state index in [1.165, 1.54) is 32.1 Å². The lowest BCUT2D eigenvalue weighted by molar-refractivity contribution is -0.161. The number of rotatable bonds is 34. The zero-order valence-corrected chi connectivity index (χ0v) is 32.9. The van der Waals surface area contributed by atoms with Gasteiger partial charge >= 0.3 is 19.8 Å². The van der Waals surface area contributed by atoms with Gasteiger partial charge in [-0.2, -0.15) is 0 Å². The molecule has 0 rings (SSSR count). The second kappa shape index (κ2) is 34.4. The molecule has 0 saturated heterocycles. The monoisotopic (exact) mass is 756 g/mol. The zero-order valence-electron chi connectivity index (χ0n) is 32.0. The first-order chi connectivity index (χ1) is 25.0. The van der Waals surface area contributed by atoms with Gasteiger partial charge < -0.3 is 29.7 Å². The minimum atomic E-state index is -4.64. The molecule has 0 amide bonds.